The van der Waals surface area contributed by atoms with Gasteiger partial charge in [-0.15, -0.1) is 0 Å². The van der Waals surface area contributed by atoms with E-state index in [-0.39, 0.29) is 11.4 Å². The number of hydrazine groups is 1. The maximum atomic E-state index is 5.80. The number of aromatic nitrogens is 3. The van der Waals surface area contributed by atoms with E-state index in [0.29, 0.717) is 5.95 Å². The fourth-order valence-corrected chi connectivity index (χ4v) is 5.08. The lowest BCUT2D eigenvalue weighted by molar-refractivity contribution is -0.00935. The molecule has 6 heteroatoms. The second-order valence-corrected chi connectivity index (χ2v) is 6.68. The maximum absolute atomic E-state index is 5.80. The molecule has 102 valence electrons. The smallest absolute Gasteiger partial charge is 0.242 e. The summed E-state index contributed by atoms with van der Waals surface area (Å²) >= 11 is 0. The third-order valence-corrected chi connectivity index (χ3v) is 5.29. The van der Waals surface area contributed by atoms with Crippen molar-refractivity contribution in [3.63, 3.8) is 0 Å². The van der Waals surface area contributed by atoms with Crippen LogP contribution in [0.2, 0.25) is 0 Å². The molecule has 4 aliphatic rings. The molecule has 6 nitrogen and oxygen atoms in total. The van der Waals surface area contributed by atoms with Gasteiger partial charge in [-0.3, -0.25) is 5.43 Å². The van der Waals surface area contributed by atoms with E-state index in [4.69, 9.17) is 11.6 Å². The molecular weight excluding hydrogens is 240 g/mol. The average molecular weight is 260 g/mol. The zero-order valence-corrected chi connectivity index (χ0v) is 11.0. The van der Waals surface area contributed by atoms with Crippen molar-refractivity contribution < 1.29 is 0 Å². The zero-order chi connectivity index (χ0) is 13.0. The number of hydrogen-bond donors (Lipinski definition) is 3. The van der Waals surface area contributed by atoms with Gasteiger partial charge in [-0.1, -0.05) is 0 Å². The normalized spacial score (nSPS) is 39.5. The molecule has 4 fully saturated rings. The van der Waals surface area contributed by atoms with Crippen LogP contribution in [0.25, 0.3) is 0 Å². The molecule has 4 aliphatic carbocycles. The molecule has 0 aliphatic heterocycles. The molecule has 1 aromatic heterocycles. The minimum absolute atomic E-state index is 0.136. The number of anilines is 2. The first-order valence-electron chi connectivity index (χ1n) is 7.15. The van der Waals surface area contributed by atoms with Crippen LogP contribution in [-0.2, 0) is 5.41 Å². The van der Waals surface area contributed by atoms with E-state index in [1.54, 1.807) is 0 Å². The molecule has 4 bridgehead atoms. The largest absolute Gasteiger partial charge is 0.368 e. The summed E-state index contributed by atoms with van der Waals surface area (Å²) in [6.07, 6.45) is 7.86. The molecule has 5 N–H and O–H groups in total. The van der Waals surface area contributed by atoms with E-state index in [1.165, 1.54) is 38.5 Å². The van der Waals surface area contributed by atoms with Gasteiger partial charge in [0, 0.05) is 5.41 Å². The van der Waals surface area contributed by atoms with Crippen molar-refractivity contribution in [3.05, 3.63) is 5.82 Å². The van der Waals surface area contributed by atoms with E-state index in [2.05, 4.69) is 20.4 Å². The molecule has 5 rings (SSSR count). The Balaban J connectivity index is 1.77. The van der Waals surface area contributed by atoms with E-state index in [0.717, 1.165) is 23.6 Å². The third-order valence-electron chi connectivity index (χ3n) is 5.29. The monoisotopic (exact) mass is 260 g/mol. The number of nitrogens with two attached hydrogens (primary N) is 2. The van der Waals surface area contributed by atoms with Gasteiger partial charge in [0.1, 0.15) is 5.82 Å². The molecule has 0 amide bonds. The Bertz CT molecular complexity index is 479. The summed E-state index contributed by atoms with van der Waals surface area (Å²) in [5.41, 5.74) is 8.43. The van der Waals surface area contributed by atoms with Crippen molar-refractivity contribution in [2.45, 2.75) is 43.9 Å². The average Bonchev–Trinajstić information content (AvgIpc) is 2.36. The van der Waals surface area contributed by atoms with Crippen LogP contribution >= 0.6 is 0 Å². The fraction of sp³-hybridized carbons (Fsp3) is 0.769. The van der Waals surface area contributed by atoms with Crippen molar-refractivity contribution in [1.82, 2.24) is 15.0 Å². The maximum Gasteiger partial charge on any atom is 0.242 e. The van der Waals surface area contributed by atoms with Crippen molar-refractivity contribution in [1.29, 1.82) is 0 Å². The Morgan fingerprint density at radius 3 is 2.05 bits per heavy atom. The summed E-state index contributed by atoms with van der Waals surface area (Å²) in [4.78, 5) is 12.9. The SMILES string of the molecule is NNc1nc(N)nc(C23CC4CC(CC(C4)C2)C3)n1. The molecule has 1 aromatic rings. The van der Waals surface area contributed by atoms with Gasteiger partial charge in [0.2, 0.25) is 11.9 Å². The van der Waals surface area contributed by atoms with Crippen LogP contribution in [0.4, 0.5) is 11.9 Å². The molecular formula is C13H20N6. The van der Waals surface area contributed by atoms with Crippen molar-refractivity contribution in [2.75, 3.05) is 11.2 Å². The number of nitrogens with zero attached hydrogens (tertiary/aromatic N) is 3. The Hall–Kier alpha value is -1.43. The van der Waals surface area contributed by atoms with Crippen molar-refractivity contribution in [2.24, 2.45) is 23.6 Å². The van der Waals surface area contributed by atoms with Crippen LogP contribution < -0.4 is 17.0 Å². The van der Waals surface area contributed by atoms with Gasteiger partial charge in [0.05, 0.1) is 0 Å². The highest BCUT2D eigenvalue weighted by molar-refractivity contribution is 5.32. The second kappa shape index (κ2) is 3.79. The molecule has 0 saturated heterocycles. The Labute approximate surface area is 112 Å². The van der Waals surface area contributed by atoms with Gasteiger partial charge >= 0.3 is 0 Å². The zero-order valence-electron chi connectivity index (χ0n) is 11.0. The van der Waals surface area contributed by atoms with Crippen molar-refractivity contribution in [3.8, 4) is 0 Å². The summed E-state index contributed by atoms with van der Waals surface area (Å²) < 4.78 is 0. The van der Waals surface area contributed by atoms with Crippen LogP contribution in [0.3, 0.4) is 0 Å². The predicted octanol–water partition coefficient (Wildman–Crippen LogP) is 1.21. The van der Waals surface area contributed by atoms with Crippen LogP contribution in [0.5, 0.6) is 0 Å². The fourth-order valence-electron chi connectivity index (χ4n) is 5.08. The lowest BCUT2D eigenvalue weighted by atomic mass is 9.49. The van der Waals surface area contributed by atoms with Crippen LogP contribution in [-0.4, -0.2) is 15.0 Å². The number of nitrogens with one attached hydrogen (secondary N) is 1. The lowest BCUT2D eigenvalue weighted by Crippen LogP contribution is -2.49. The molecule has 19 heavy (non-hydrogen) atoms. The van der Waals surface area contributed by atoms with Gasteiger partial charge in [-0.05, 0) is 56.3 Å². The van der Waals surface area contributed by atoms with Gasteiger partial charge in [0.15, 0.2) is 0 Å². The van der Waals surface area contributed by atoms with E-state index < -0.39 is 0 Å². The molecule has 0 atom stereocenters. The lowest BCUT2D eigenvalue weighted by Gasteiger charge is -2.55. The van der Waals surface area contributed by atoms with E-state index >= 15 is 0 Å². The number of rotatable bonds is 2. The minimum atomic E-state index is 0.136. The summed E-state index contributed by atoms with van der Waals surface area (Å²) in [5.74, 6) is 9.53. The van der Waals surface area contributed by atoms with Gasteiger partial charge in [-0.25, -0.2) is 5.84 Å². The Kier molecular flexibility index (Phi) is 2.27. The summed E-state index contributed by atoms with van der Waals surface area (Å²) in [7, 11) is 0. The van der Waals surface area contributed by atoms with E-state index in [9.17, 15) is 0 Å². The second-order valence-electron chi connectivity index (χ2n) is 6.68. The first-order valence-corrected chi connectivity index (χ1v) is 7.15. The number of hydrogen-bond acceptors (Lipinski definition) is 6. The highest BCUT2D eigenvalue weighted by atomic mass is 15.3. The predicted molar refractivity (Wildman–Crippen MR) is 71.9 cm³/mol. The summed E-state index contributed by atoms with van der Waals surface area (Å²) in [6.45, 7) is 0. The molecule has 1 heterocycles. The van der Waals surface area contributed by atoms with E-state index in [1.807, 2.05) is 0 Å². The standard InChI is InChI=1S/C13H20N6/c14-11-16-10(17-12(18-11)19-15)13-4-7-1-8(5-13)3-9(2-7)6-13/h7-9H,1-6,15H2,(H3,14,16,17,18,19). The van der Waals surface area contributed by atoms with Crippen LogP contribution in [0.1, 0.15) is 44.3 Å². The van der Waals surface area contributed by atoms with Crippen LogP contribution in [0, 0.1) is 17.8 Å². The molecule has 0 spiro atoms. The van der Waals surface area contributed by atoms with Gasteiger partial charge < -0.3 is 5.73 Å². The Morgan fingerprint density at radius 2 is 1.53 bits per heavy atom. The molecule has 0 unspecified atom stereocenters. The first kappa shape index (κ1) is 11.4. The summed E-state index contributed by atoms with van der Waals surface area (Å²) in [6, 6.07) is 0. The highest BCUT2D eigenvalue weighted by Crippen LogP contribution is 2.60. The minimum Gasteiger partial charge on any atom is -0.368 e. The topological polar surface area (TPSA) is 103 Å². The number of nitrogen functional groups attached to an aromatic ring is 2. The van der Waals surface area contributed by atoms with Gasteiger partial charge in [0.25, 0.3) is 0 Å². The van der Waals surface area contributed by atoms with Crippen LogP contribution in [0.15, 0.2) is 0 Å². The Morgan fingerprint density at radius 1 is 0.947 bits per heavy atom. The highest BCUT2D eigenvalue weighted by Gasteiger charge is 2.53. The molecule has 4 saturated carbocycles. The van der Waals surface area contributed by atoms with Crippen molar-refractivity contribution >= 4 is 11.9 Å². The van der Waals surface area contributed by atoms with Gasteiger partial charge in [-0.2, -0.15) is 15.0 Å². The quantitative estimate of drug-likeness (QED) is 0.545. The summed E-state index contributed by atoms with van der Waals surface area (Å²) in [5, 5.41) is 0. The third kappa shape index (κ3) is 1.69. The molecule has 0 radical (unpaired) electrons. The first-order chi connectivity index (χ1) is 9.17. The molecule has 0 aromatic carbocycles.